The van der Waals surface area contributed by atoms with E-state index in [1.807, 2.05) is 51.1 Å². The van der Waals surface area contributed by atoms with Gasteiger partial charge in [0, 0.05) is 0 Å². The van der Waals surface area contributed by atoms with Gasteiger partial charge in [-0.3, -0.25) is 4.79 Å². The summed E-state index contributed by atoms with van der Waals surface area (Å²) in [5.74, 6) is -0.351. The van der Waals surface area contributed by atoms with E-state index >= 15 is 0 Å². The normalized spacial score (nSPS) is 12.7. The molecule has 1 unspecified atom stereocenters. The molecule has 0 saturated carbocycles. The lowest BCUT2D eigenvalue weighted by molar-refractivity contribution is -0.156. The third kappa shape index (κ3) is 9.61. The molecule has 0 aliphatic heterocycles. The molecule has 0 saturated heterocycles. The van der Waals surface area contributed by atoms with Crippen LogP contribution in [0.25, 0.3) is 0 Å². The summed E-state index contributed by atoms with van der Waals surface area (Å²) in [6.07, 6.45) is 0.510. The van der Waals surface area contributed by atoms with Gasteiger partial charge in [-0.1, -0.05) is 66.7 Å². The largest absolute Gasteiger partial charge is 0.459 e. The Labute approximate surface area is 207 Å². The Morgan fingerprint density at radius 1 is 0.771 bits per heavy atom. The number of nitrogens with two attached hydrogens (primary N) is 1. The maximum Gasteiger partial charge on any atom is 0.323 e. The van der Waals surface area contributed by atoms with E-state index in [9.17, 15) is 21.6 Å². The first-order valence-electron chi connectivity index (χ1n) is 10.7. The zero-order valence-corrected chi connectivity index (χ0v) is 21.4. The summed E-state index contributed by atoms with van der Waals surface area (Å²) in [7, 11) is -8.21. The number of rotatable bonds is 7. The van der Waals surface area contributed by atoms with Crippen LogP contribution in [0.5, 0.6) is 0 Å². The minimum absolute atomic E-state index is 0.102. The zero-order valence-electron chi connectivity index (χ0n) is 19.8. The van der Waals surface area contributed by atoms with Crippen molar-refractivity contribution in [3.05, 3.63) is 96.6 Å². The summed E-state index contributed by atoms with van der Waals surface area (Å²) < 4.78 is 54.6. The van der Waals surface area contributed by atoms with E-state index in [2.05, 4.69) is 0 Å². The van der Waals surface area contributed by atoms with Crippen LogP contribution >= 0.6 is 0 Å². The number of carbonyl (C=O) groups excluding carboxylic acids is 1. The molecule has 35 heavy (non-hydrogen) atoms. The number of benzene rings is 3. The first-order valence-corrected chi connectivity index (χ1v) is 13.7. The number of nitrogens with one attached hydrogen (secondary N) is 1. The standard InChI is InChI=1S/C13H19NO2.C12H11NO4S2/c1-13(2,3)16-12(15)11(14)9-10-7-5-4-6-8-10;14-18(15,11-7-3-1-4-8-11)13-19(16,17)12-9-5-2-6-10-12/h4-8,11H,9,14H2,1-3H3;1-10,13H. The van der Waals surface area contributed by atoms with E-state index in [1.165, 1.54) is 48.5 Å². The van der Waals surface area contributed by atoms with Gasteiger partial charge in [0.1, 0.15) is 11.6 Å². The molecule has 188 valence electrons. The van der Waals surface area contributed by atoms with Crippen molar-refractivity contribution in [3.63, 3.8) is 0 Å². The van der Waals surface area contributed by atoms with E-state index in [1.54, 1.807) is 16.3 Å². The van der Waals surface area contributed by atoms with Crippen LogP contribution < -0.4 is 9.86 Å². The predicted octanol–water partition coefficient (Wildman–Crippen LogP) is 3.25. The Balaban J connectivity index is 0.000000251. The van der Waals surface area contributed by atoms with Crippen LogP contribution in [0, 0.1) is 0 Å². The lowest BCUT2D eigenvalue weighted by Crippen LogP contribution is -2.38. The Kier molecular flexibility index (Phi) is 9.73. The number of esters is 1. The molecule has 0 aromatic heterocycles. The fraction of sp³-hybridized carbons (Fsp3) is 0.240. The van der Waals surface area contributed by atoms with Crippen LogP contribution in [0.2, 0.25) is 0 Å². The predicted molar refractivity (Wildman–Crippen MR) is 134 cm³/mol. The van der Waals surface area contributed by atoms with E-state index in [4.69, 9.17) is 10.5 Å². The number of hydrogen-bond donors (Lipinski definition) is 2. The molecular weight excluding hydrogens is 488 g/mol. The number of sulfonamides is 2. The zero-order chi connectivity index (χ0) is 26.1. The Morgan fingerprint density at radius 3 is 1.51 bits per heavy atom. The monoisotopic (exact) mass is 518 g/mol. The molecule has 3 aromatic carbocycles. The SMILES string of the molecule is CC(C)(C)OC(=O)C(N)Cc1ccccc1.O=S(=O)(NS(=O)(=O)c1ccccc1)c1ccccc1. The second-order valence-corrected chi connectivity index (χ2v) is 12.2. The molecule has 0 aliphatic carbocycles. The van der Waals surface area contributed by atoms with Crippen LogP contribution in [-0.4, -0.2) is 34.4 Å². The molecule has 0 heterocycles. The van der Waals surface area contributed by atoms with Gasteiger partial charge < -0.3 is 10.5 Å². The van der Waals surface area contributed by atoms with Gasteiger partial charge in [-0.15, -0.1) is 4.13 Å². The lowest BCUT2D eigenvalue weighted by Gasteiger charge is -2.22. The van der Waals surface area contributed by atoms with Gasteiger partial charge in [0.25, 0.3) is 20.0 Å². The molecule has 0 radical (unpaired) electrons. The molecule has 0 bridgehead atoms. The van der Waals surface area contributed by atoms with Gasteiger partial charge in [0.05, 0.1) is 9.79 Å². The van der Waals surface area contributed by atoms with Crippen molar-refractivity contribution in [3.8, 4) is 0 Å². The Morgan fingerprint density at radius 2 is 1.14 bits per heavy atom. The number of ether oxygens (including phenoxy) is 1. The van der Waals surface area contributed by atoms with Gasteiger partial charge in [-0.05, 0) is 57.0 Å². The third-order valence-electron chi connectivity index (χ3n) is 4.33. The summed E-state index contributed by atoms with van der Waals surface area (Å²) in [6, 6.07) is 23.7. The van der Waals surface area contributed by atoms with Gasteiger partial charge in [0.15, 0.2) is 0 Å². The molecule has 0 aliphatic rings. The molecular formula is C25H30N2O6S2. The molecule has 3 rings (SSSR count). The fourth-order valence-electron chi connectivity index (χ4n) is 2.77. The molecule has 0 amide bonds. The van der Waals surface area contributed by atoms with Crippen molar-refractivity contribution in [2.75, 3.05) is 0 Å². The fourth-order valence-corrected chi connectivity index (χ4v) is 5.72. The van der Waals surface area contributed by atoms with Crippen molar-refractivity contribution >= 4 is 26.0 Å². The van der Waals surface area contributed by atoms with Crippen LogP contribution in [0.4, 0.5) is 0 Å². The first-order chi connectivity index (χ1) is 16.3. The average Bonchev–Trinajstić information content (AvgIpc) is 2.80. The molecule has 3 N–H and O–H groups in total. The summed E-state index contributed by atoms with van der Waals surface area (Å²) in [5, 5.41) is 0. The van der Waals surface area contributed by atoms with Crippen LogP contribution in [0.3, 0.4) is 0 Å². The van der Waals surface area contributed by atoms with Crippen molar-refractivity contribution in [2.24, 2.45) is 5.73 Å². The highest BCUT2D eigenvalue weighted by molar-refractivity contribution is 8.04. The maximum atomic E-state index is 11.9. The van der Waals surface area contributed by atoms with E-state index in [0.29, 0.717) is 6.42 Å². The second-order valence-electron chi connectivity index (χ2n) is 8.55. The smallest absolute Gasteiger partial charge is 0.323 e. The number of carbonyl (C=O) groups is 1. The van der Waals surface area contributed by atoms with Crippen molar-refractivity contribution in [1.29, 1.82) is 0 Å². The lowest BCUT2D eigenvalue weighted by atomic mass is 10.1. The van der Waals surface area contributed by atoms with E-state index in [0.717, 1.165) is 5.56 Å². The minimum atomic E-state index is -4.10. The Bertz CT molecular complexity index is 1220. The average molecular weight is 519 g/mol. The van der Waals surface area contributed by atoms with Crippen molar-refractivity contribution in [1.82, 2.24) is 4.13 Å². The van der Waals surface area contributed by atoms with Gasteiger partial charge in [-0.2, -0.15) is 0 Å². The van der Waals surface area contributed by atoms with E-state index in [-0.39, 0.29) is 15.8 Å². The number of hydrogen-bond acceptors (Lipinski definition) is 7. The quantitative estimate of drug-likeness (QED) is 0.459. The van der Waals surface area contributed by atoms with Crippen molar-refractivity contribution < 1.29 is 26.4 Å². The molecule has 1 atom stereocenters. The first kappa shape index (κ1) is 28.2. The summed E-state index contributed by atoms with van der Waals surface area (Å²) in [6.45, 7) is 5.50. The molecule has 3 aromatic rings. The topological polar surface area (TPSA) is 133 Å². The molecule has 10 heteroatoms. The van der Waals surface area contributed by atoms with Crippen molar-refractivity contribution in [2.45, 2.75) is 48.6 Å². The minimum Gasteiger partial charge on any atom is -0.459 e. The summed E-state index contributed by atoms with van der Waals surface area (Å²) in [5.41, 5.74) is 6.34. The van der Waals surface area contributed by atoms with Crippen LogP contribution in [0.1, 0.15) is 26.3 Å². The summed E-state index contributed by atoms with van der Waals surface area (Å²) >= 11 is 0. The highest BCUT2D eigenvalue weighted by Crippen LogP contribution is 2.13. The summed E-state index contributed by atoms with van der Waals surface area (Å²) in [4.78, 5) is 11.4. The second kappa shape index (κ2) is 12.1. The van der Waals surface area contributed by atoms with Crippen LogP contribution in [-0.2, 0) is 36.0 Å². The van der Waals surface area contributed by atoms with Gasteiger partial charge in [-0.25, -0.2) is 16.8 Å². The third-order valence-corrected chi connectivity index (χ3v) is 7.88. The molecule has 0 fully saturated rings. The highest BCUT2D eigenvalue weighted by atomic mass is 32.3. The Hall–Kier alpha value is -3.05. The van der Waals surface area contributed by atoms with E-state index < -0.39 is 31.7 Å². The van der Waals surface area contributed by atoms with Gasteiger partial charge >= 0.3 is 5.97 Å². The molecule has 0 spiro atoms. The highest BCUT2D eigenvalue weighted by Gasteiger charge is 2.24. The maximum absolute atomic E-state index is 11.9. The molecule has 8 nitrogen and oxygen atoms in total. The van der Waals surface area contributed by atoms with Gasteiger partial charge in [0.2, 0.25) is 0 Å². The van der Waals surface area contributed by atoms with Crippen LogP contribution in [0.15, 0.2) is 101 Å².